The van der Waals surface area contributed by atoms with Crippen molar-refractivity contribution in [2.45, 2.75) is 12.8 Å². The SMILES string of the molecule is O=C(O)CCc1ccc(C#CCBr)cc1F. The summed E-state index contributed by atoms with van der Waals surface area (Å²) in [7, 11) is 0. The van der Waals surface area contributed by atoms with E-state index in [0.717, 1.165) is 0 Å². The third-order valence-corrected chi connectivity index (χ3v) is 2.24. The van der Waals surface area contributed by atoms with Gasteiger partial charge in [0.15, 0.2) is 0 Å². The van der Waals surface area contributed by atoms with E-state index in [1.807, 2.05) is 0 Å². The molecule has 16 heavy (non-hydrogen) atoms. The lowest BCUT2D eigenvalue weighted by Gasteiger charge is -2.01. The molecule has 1 N–H and O–H groups in total. The molecule has 0 aliphatic rings. The first-order valence-electron chi connectivity index (χ1n) is 4.68. The average molecular weight is 285 g/mol. The number of carboxylic acid groups (broad SMARTS) is 1. The summed E-state index contributed by atoms with van der Waals surface area (Å²) in [6, 6.07) is 4.60. The Morgan fingerprint density at radius 1 is 1.50 bits per heavy atom. The highest BCUT2D eigenvalue weighted by molar-refractivity contribution is 9.09. The van der Waals surface area contributed by atoms with Gasteiger partial charge in [0, 0.05) is 12.0 Å². The van der Waals surface area contributed by atoms with Gasteiger partial charge in [-0.2, -0.15) is 0 Å². The normalized spacial score (nSPS) is 9.38. The molecule has 1 aromatic rings. The van der Waals surface area contributed by atoms with Crippen LogP contribution in [0.4, 0.5) is 4.39 Å². The van der Waals surface area contributed by atoms with Crippen LogP contribution in [0, 0.1) is 17.7 Å². The van der Waals surface area contributed by atoms with E-state index < -0.39 is 11.8 Å². The van der Waals surface area contributed by atoms with Crippen molar-refractivity contribution < 1.29 is 14.3 Å². The third-order valence-electron chi connectivity index (χ3n) is 1.96. The van der Waals surface area contributed by atoms with Crippen molar-refractivity contribution >= 4 is 21.9 Å². The molecule has 1 aromatic carbocycles. The number of benzene rings is 1. The van der Waals surface area contributed by atoms with Gasteiger partial charge in [-0.25, -0.2) is 4.39 Å². The van der Waals surface area contributed by atoms with E-state index in [9.17, 15) is 9.18 Å². The quantitative estimate of drug-likeness (QED) is 0.684. The lowest BCUT2D eigenvalue weighted by atomic mass is 10.1. The number of hydrogen-bond acceptors (Lipinski definition) is 1. The zero-order valence-electron chi connectivity index (χ0n) is 8.46. The molecule has 4 heteroatoms. The summed E-state index contributed by atoms with van der Waals surface area (Å²) in [5.74, 6) is 4.21. The molecule has 0 atom stereocenters. The fraction of sp³-hybridized carbons (Fsp3) is 0.250. The summed E-state index contributed by atoms with van der Waals surface area (Å²) in [4.78, 5) is 10.3. The molecule has 0 saturated carbocycles. The van der Waals surface area contributed by atoms with Crippen LogP contribution < -0.4 is 0 Å². The Hall–Kier alpha value is -1.34. The minimum Gasteiger partial charge on any atom is -0.481 e. The standard InChI is InChI=1S/C12H10BrFO2/c13-7-1-2-9-3-4-10(11(14)8-9)5-6-12(15)16/h3-4,8H,5-7H2,(H,15,16). The Morgan fingerprint density at radius 2 is 2.25 bits per heavy atom. The summed E-state index contributed by atoms with van der Waals surface area (Å²) in [6.07, 6.45) is 0.136. The molecule has 0 saturated heterocycles. The number of carboxylic acids is 1. The maximum Gasteiger partial charge on any atom is 0.303 e. The first-order chi connectivity index (χ1) is 7.63. The minimum atomic E-state index is -0.928. The Balaban J connectivity index is 2.79. The fourth-order valence-electron chi connectivity index (χ4n) is 1.20. The van der Waals surface area contributed by atoms with E-state index >= 15 is 0 Å². The van der Waals surface area contributed by atoms with Gasteiger partial charge >= 0.3 is 5.97 Å². The van der Waals surface area contributed by atoms with Crippen LogP contribution >= 0.6 is 15.9 Å². The molecule has 1 rings (SSSR count). The molecule has 84 valence electrons. The first kappa shape index (κ1) is 12.7. The predicted octanol–water partition coefficient (Wildman–Crippen LogP) is 2.59. The zero-order chi connectivity index (χ0) is 12.0. The molecule has 0 spiro atoms. The van der Waals surface area contributed by atoms with Crippen molar-refractivity contribution in [3.8, 4) is 11.8 Å². The molecule has 0 aliphatic heterocycles. The van der Waals surface area contributed by atoms with Crippen molar-refractivity contribution in [3.63, 3.8) is 0 Å². The largest absolute Gasteiger partial charge is 0.481 e. The molecule has 0 amide bonds. The molecule has 0 fully saturated rings. The van der Waals surface area contributed by atoms with E-state index in [4.69, 9.17) is 5.11 Å². The van der Waals surface area contributed by atoms with Crippen LogP contribution in [0.15, 0.2) is 18.2 Å². The average Bonchev–Trinajstić information content (AvgIpc) is 2.24. The van der Waals surface area contributed by atoms with Gasteiger partial charge in [0.2, 0.25) is 0 Å². The molecular formula is C12H10BrFO2. The second kappa shape index (κ2) is 6.29. The van der Waals surface area contributed by atoms with Crippen LogP contribution in [-0.2, 0) is 11.2 Å². The van der Waals surface area contributed by atoms with Crippen molar-refractivity contribution in [1.29, 1.82) is 0 Å². The van der Waals surface area contributed by atoms with Crippen molar-refractivity contribution in [1.82, 2.24) is 0 Å². The number of aliphatic carboxylic acids is 1. The minimum absolute atomic E-state index is 0.0661. The summed E-state index contributed by atoms with van der Waals surface area (Å²) in [5, 5.41) is 9.02. The second-order valence-corrected chi connectivity index (χ2v) is 3.70. The van der Waals surface area contributed by atoms with Crippen LogP contribution in [0.25, 0.3) is 0 Å². The summed E-state index contributed by atoms with van der Waals surface area (Å²) >= 11 is 3.15. The van der Waals surface area contributed by atoms with Gasteiger partial charge in [-0.05, 0) is 24.1 Å². The summed E-state index contributed by atoms with van der Waals surface area (Å²) < 4.78 is 13.5. The number of hydrogen-bond donors (Lipinski definition) is 1. The van der Waals surface area contributed by atoms with E-state index in [1.165, 1.54) is 6.07 Å². The van der Waals surface area contributed by atoms with Gasteiger partial charge in [0.25, 0.3) is 0 Å². The molecule has 0 bridgehead atoms. The molecular weight excluding hydrogens is 275 g/mol. The zero-order valence-corrected chi connectivity index (χ0v) is 10.1. The van der Waals surface area contributed by atoms with Crippen molar-refractivity contribution in [2.24, 2.45) is 0 Å². The van der Waals surface area contributed by atoms with Crippen molar-refractivity contribution in [2.75, 3.05) is 5.33 Å². The number of halogens is 2. The molecule has 0 heterocycles. The number of alkyl halides is 1. The van der Waals surface area contributed by atoms with E-state index in [-0.39, 0.29) is 12.8 Å². The van der Waals surface area contributed by atoms with Crippen LogP contribution in [0.3, 0.4) is 0 Å². The van der Waals surface area contributed by atoms with Crippen LogP contribution in [0.1, 0.15) is 17.5 Å². The van der Waals surface area contributed by atoms with Gasteiger partial charge in [-0.3, -0.25) is 4.79 Å². The Morgan fingerprint density at radius 3 is 2.81 bits per heavy atom. The highest BCUT2D eigenvalue weighted by Crippen LogP contribution is 2.12. The van der Waals surface area contributed by atoms with Gasteiger partial charge in [0.1, 0.15) is 5.82 Å². The summed E-state index contributed by atoms with van der Waals surface area (Å²) in [6.45, 7) is 0. The Kier molecular flexibility index (Phi) is 5.00. The fourth-order valence-corrected chi connectivity index (χ4v) is 1.35. The van der Waals surface area contributed by atoms with Gasteiger partial charge in [-0.1, -0.05) is 33.8 Å². The van der Waals surface area contributed by atoms with Crippen LogP contribution in [0.5, 0.6) is 0 Å². The molecule has 0 aliphatic carbocycles. The Bertz CT molecular complexity index is 446. The number of rotatable bonds is 3. The summed E-state index contributed by atoms with van der Waals surface area (Å²) in [5.41, 5.74) is 1.00. The monoisotopic (exact) mass is 284 g/mol. The number of aryl methyl sites for hydroxylation is 1. The third kappa shape index (κ3) is 4.03. The highest BCUT2D eigenvalue weighted by Gasteiger charge is 2.05. The maximum absolute atomic E-state index is 13.5. The maximum atomic E-state index is 13.5. The highest BCUT2D eigenvalue weighted by atomic mass is 79.9. The van der Waals surface area contributed by atoms with E-state index in [2.05, 4.69) is 27.8 Å². The topological polar surface area (TPSA) is 37.3 Å². The van der Waals surface area contributed by atoms with Crippen LogP contribution in [-0.4, -0.2) is 16.4 Å². The molecule has 0 unspecified atom stereocenters. The van der Waals surface area contributed by atoms with Gasteiger partial charge in [0.05, 0.1) is 5.33 Å². The molecule has 0 radical (unpaired) electrons. The Labute approximate surface area is 102 Å². The molecule has 0 aromatic heterocycles. The van der Waals surface area contributed by atoms with Gasteiger partial charge in [-0.15, -0.1) is 0 Å². The van der Waals surface area contributed by atoms with Gasteiger partial charge < -0.3 is 5.11 Å². The van der Waals surface area contributed by atoms with Crippen molar-refractivity contribution in [3.05, 3.63) is 35.1 Å². The van der Waals surface area contributed by atoms with E-state index in [0.29, 0.717) is 16.5 Å². The predicted molar refractivity (Wildman–Crippen MR) is 63.0 cm³/mol. The lowest BCUT2D eigenvalue weighted by Crippen LogP contribution is -1.99. The van der Waals surface area contributed by atoms with E-state index in [1.54, 1.807) is 12.1 Å². The molecule has 2 nitrogen and oxygen atoms in total. The van der Waals surface area contributed by atoms with Crippen LogP contribution in [0.2, 0.25) is 0 Å². The first-order valence-corrected chi connectivity index (χ1v) is 5.80. The lowest BCUT2D eigenvalue weighted by molar-refractivity contribution is -0.136. The smallest absolute Gasteiger partial charge is 0.303 e. The second-order valence-electron chi connectivity index (χ2n) is 3.14. The number of carbonyl (C=O) groups is 1.